The number of hydrogen-bond donors (Lipinski definition) is 0. The number of fused-ring (bicyclic) bond motifs is 12. The second-order valence-electron chi connectivity index (χ2n) is 13.2. The Hall–Kier alpha value is -6.42. The highest BCUT2D eigenvalue weighted by Gasteiger charge is 2.22. The van der Waals surface area contributed by atoms with E-state index in [4.69, 9.17) is 4.42 Å². The molecular formula is C48H29NOS. The van der Waals surface area contributed by atoms with Crippen LogP contribution in [0.25, 0.3) is 85.6 Å². The SMILES string of the molecule is c1ccc2c(c1)oc1cccc(N(c3ccc(-c4ccc5c6ccccc6c6ccccc6c5c4)cc3)c3cccc4c3sc3ccccc34)c12. The summed E-state index contributed by atoms with van der Waals surface area (Å²) in [5.41, 5.74) is 7.52. The van der Waals surface area contributed by atoms with Gasteiger partial charge < -0.3 is 9.32 Å². The van der Waals surface area contributed by atoms with Gasteiger partial charge in [-0.05, 0) is 92.0 Å². The van der Waals surface area contributed by atoms with Crippen molar-refractivity contribution in [1.82, 2.24) is 0 Å². The van der Waals surface area contributed by atoms with Crippen LogP contribution in [0.5, 0.6) is 0 Å². The molecule has 0 unspecified atom stereocenters. The molecule has 11 rings (SSSR count). The lowest BCUT2D eigenvalue weighted by Gasteiger charge is -2.27. The summed E-state index contributed by atoms with van der Waals surface area (Å²) in [6, 6.07) is 63.7. The van der Waals surface area contributed by atoms with Crippen LogP contribution in [0.3, 0.4) is 0 Å². The quantitative estimate of drug-likeness (QED) is 0.174. The predicted octanol–water partition coefficient (Wildman–Crippen LogP) is 14.6. The molecule has 2 nitrogen and oxygen atoms in total. The minimum Gasteiger partial charge on any atom is -0.456 e. The molecule has 0 radical (unpaired) electrons. The topological polar surface area (TPSA) is 16.4 Å². The molecule has 0 amide bonds. The zero-order chi connectivity index (χ0) is 33.5. The fourth-order valence-corrected chi connectivity index (χ4v) is 9.36. The lowest BCUT2D eigenvalue weighted by atomic mass is 9.92. The molecule has 238 valence electrons. The van der Waals surface area contributed by atoms with Crippen LogP contribution in [-0.2, 0) is 0 Å². The molecule has 0 bridgehead atoms. The molecule has 0 aliphatic heterocycles. The van der Waals surface area contributed by atoms with Crippen molar-refractivity contribution in [2.75, 3.05) is 4.90 Å². The molecule has 0 aliphatic rings. The monoisotopic (exact) mass is 667 g/mol. The van der Waals surface area contributed by atoms with E-state index >= 15 is 0 Å². The van der Waals surface area contributed by atoms with Gasteiger partial charge >= 0.3 is 0 Å². The summed E-state index contributed by atoms with van der Waals surface area (Å²) in [5.74, 6) is 0. The Labute approximate surface area is 298 Å². The van der Waals surface area contributed by atoms with Crippen molar-refractivity contribution in [3.63, 3.8) is 0 Å². The number of thiophene rings is 1. The Morgan fingerprint density at radius 1 is 0.373 bits per heavy atom. The summed E-state index contributed by atoms with van der Waals surface area (Å²) >= 11 is 1.85. The second-order valence-corrected chi connectivity index (χ2v) is 14.3. The van der Waals surface area contributed by atoms with Crippen LogP contribution in [0, 0.1) is 0 Å². The summed E-state index contributed by atoms with van der Waals surface area (Å²) in [7, 11) is 0. The Bertz CT molecular complexity index is 3110. The Balaban J connectivity index is 1.12. The van der Waals surface area contributed by atoms with E-state index in [0.29, 0.717) is 0 Å². The lowest BCUT2D eigenvalue weighted by molar-refractivity contribution is 0.669. The van der Waals surface area contributed by atoms with E-state index in [1.807, 2.05) is 17.4 Å². The van der Waals surface area contributed by atoms with Crippen molar-refractivity contribution < 1.29 is 4.42 Å². The van der Waals surface area contributed by atoms with Crippen LogP contribution < -0.4 is 4.90 Å². The number of para-hydroxylation sites is 1. The minimum absolute atomic E-state index is 0.884. The van der Waals surface area contributed by atoms with E-state index < -0.39 is 0 Å². The molecule has 11 aromatic rings. The van der Waals surface area contributed by atoms with Crippen LogP contribution in [0.4, 0.5) is 17.1 Å². The molecule has 2 aromatic heterocycles. The lowest BCUT2D eigenvalue weighted by Crippen LogP contribution is -2.10. The third-order valence-electron chi connectivity index (χ3n) is 10.4. The molecule has 0 atom stereocenters. The minimum atomic E-state index is 0.884. The van der Waals surface area contributed by atoms with Gasteiger partial charge in [-0.15, -0.1) is 11.3 Å². The van der Waals surface area contributed by atoms with Crippen LogP contribution in [0.1, 0.15) is 0 Å². The van der Waals surface area contributed by atoms with E-state index in [0.717, 1.165) is 39.0 Å². The van der Waals surface area contributed by atoms with Crippen LogP contribution in [0.15, 0.2) is 180 Å². The maximum Gasteiger partial charge on any atom is 0.137 e. The van der Waals surface area contributed by atoms with Crippen LogP contribution in [0.2, 0.25) is 0 Å². The number of benzene rings is 9. The van der Waals surface area contributed by atoms with E-state index in [9.17, 15) is 0 Å². The molecule has 0 spiro atoms. The Kier molecular flexibility index (Phi) is 6.16. The largest absolute Gasteiger partial charge is 0.456 e. The van der Waals surface area contributed by atoms with Gasteiger partial charge in [0.2, 0.25) is 0 Å². The summed E-state index contributed by atoms with van der Waals surface area (Å²) in [6.45, 7) is 0. The number of furan rings is 1. The van der Waals surface area contributed by atoms with Gasteiger partial charge in [-0.25, -0.2) is 0 Å². The normalized spacial score (nSPS) is 11.9. The van der Waals surface area contributed by atoms with Gasteiger partial charge in [0.1, 0.15) is 11.2 Å². The number of hydrogen-bond acceptors (Lipinski definition) is 3. The van der Waals surface area contributed by atoms with Crippen molar-refractivity contribution in [3.8, 4) is 11.1 Å². The maximum absolute atomic E-state index is 6.40. The van der Waals surface area contributed by atoms with Crippen molar-refractivity contribution in [1.29, 1.82) is 0 Å². The molecule has 0 aliphatic carbocycles. The molecule has 0 saturated carbocycles. The fraction of sp³-hybridized carbons (Fsp3) is 0. The average molecular weight is 668 g/mol. The smallest absolute Gasteiger partial charge is 0.137 e. The Morgan fingerprint density at radius 2 is 0.922 bits per heavy atom. The van der Waals surface area contributed by atoms with Gasteiger partial charge in [0.05, 0.1) is 21.5 Å². The van der Waals surface area contributed by atoms with Crippen molar-refractivity contribution in [2.24, 2.45) is 0 Å². The van der Waals surface area contributed by atoms with Crippen LogP contribution in [-0.4, -0.2) is 0 Å². The van der Waals surface area contributed by atoms with E-state index in [2.05, 4.69) is 175 Å². The van der Waals surface area contributed by atoms with Crippen molar-refractivity contribution in [3.05, 3.63) is 176 Å². The van der Waals surface area contributed by atoms with E-state index in [1.165, 1.54) is 63.6 Å². The van der Waals surface area contributed by atoms with E-state index in [-0.39, 0.29) is 0 Å². The first-order chi connectivity index (χ1) is 25.3. The van der Waals surface area contributed by atoms with Crippen molar-refractivity contribution >= 4 is 103 Å². The van der Waals surface area contributed by atoms with Gasteiger partial charge in [-0.3, -0.25) is 0 Å². The van der Waals surface area contributed by atoms with Gasteiger partial charge in [-0.1, -0.05) is 127 Å². The number of anilines is 3. The third kappa shape index (κ3) is 4.29. The Morgan fingerprint density at radius 3 is 1.69 bits per heavy atom. The first-order valence-electron chi connectivity index (χ1n) is 17.3. The van der Waals surface area contributed by atoms with Gasteiger partial charge in [0.25, 0.3) is 0 Å². The molecule has 0 N–H and O–H groups in total. The third-order valence-corrected chi connectivity index (χ3v) is 11.7. The highest BCUT2D eigenvalue weighted by molar-refractivity contribution is 7.26. The molecule has 0 fully saturated rings. The second kappa shape index (κ2) is 11.0. The molecular weight excluding hydrogens is 639 g/mol. The van der Waals surface area contributed by atoms with Gasteiger partial charge in [0, 0.05) is 26.5 Å². The highest BCUT2D eigenvalue weighted by atomic mass is 32.1. The highest BCUT2D eigenvalue weighted by Crippen LogP contribution is 2.48. The summed E-state index contributed by atoms with van der Waals surface area (Å²) < 4.78 is 8.95. The standard InChI is InChI=1S/C48H29NOS/c1-2-13-35-33(11-1)34-12-3-4-14-36(34)41-29-31(25-28-37(35)41)30-23-26-32(27-24-30)49(42-18-10-21-45-47(42)40-16-5-7-20-44(40)50-45)43-19-9-17-39-38-15-6-8-22-46(38)51-48(39)43/h1-29H. The molecule has 51 heavy (non-hydrogen) atoms. The maximum atomic E-state index is 6.40. The summed E-state index contributed by atoms with van der Waals surface area (Å²) in [5, 5.41) is 12.5. The molecule has 9 aromatic carbocycles. The van der Waals surface area contributed by atoms with Crippen LogP contribution >= 0.6 is 11.3 Å². The van der Waals surface area contributed by atoms with Gasteiger partial charge in [-0.2, -0.15) is 0 Å². The molecule has 0 saturated heterocycles. The number of nitrogens with zero attached hydrogens (tertiary/aromatic N) is 1. The number of rotatable bonds is 4. The molecule has 2 heterocycles. The van der Waals surface area contributed by atoms with E-state index in [1.54, 1.807) is 0 Å². The summed E-state index contributed by atoms with van der Waals surface area (Å²) in [6.07, 6.45) is 0. The van der Waals surface area contributed by atoms with Crippen molar-refractivity contribution in [2.45, 2.75) is 0 Å². The van der Waals surface area contributed by atoms with Gasteiger partial charge in [0.15, 0.2) is 0 Å². The first kappa shape index (κ1) is 28.4. The first-order valence-corrected chi connectivity index (χ1v) is 18.2. The zero-order valence-electron chi connectivity index (χ0n) is 27.5. The molecule has 3 heteroatoms. The zero-order valence-corrected chi connectivity index (χ0v) is 28.3. The average Bonchev–Trinajstić information content (AvgIpc) is 3.78. The fourth-order valence-electron chi connectivity index (χ4n) is 8.15. The predicted molar refractivity (Wildman–Crippen MR) is 219 cm³/mol. The summed E-state index contributed by atoms with van der Waals surface area (Å²) in [4.78, 5) is 2.42.